The number of carbonyl (C=O) groups is 2. The second-order valence-corrected chi connectivity index (χ2v) is 6.40. The van der Waals surface area contributed by atoms with E-state index in [1.54, 1.807) is 18.7 Å². The van der Waals surface area contributed by atoms with Gasteiger partial charge in [0.15, 0.2) is 5.41 Å². The molecule has 0 radical (unpaired) electrons. The average molecular weight is 290 g/mol. The molecular formula is C14H26O4S. The molecule has 0 spiro atoms. The minimum Gasteiger partial charge on any atom is -0.480 e. The van der Waals surface area contributed by atoms with Crippen LogP contribution < -0.4 is 0 Å². The Bertz CT molecular complexity index is 291. The number of esters is 1. The largest absolute Gasteiger partial charge is 0.480 e. The van der Waals surface area contributed by atoms with Crippen LogP contribution in [0.4, 0.5) is 0 Å². The van der Waals surface area contributed by atoms with E-state index in [1.165, 1.54) is 0 Å². The molecule has 0 aromatic rings. The lowest BCUT2D eigenvalue weighted by Gasteiger charge is -2.28. The van der Waals surface area contributed by atoms with Crippen molar-refractivity contribution in [2.75, 3.05) is 18.1 Å². The molecule has 0 fully saturated rings. The summed E-state index contributed by atoms with van der Waals surface area (Å²) in [5.74, 6) is 0.380. The zero-order valence-corrected chi connectivity index (χ0v) is 13.2. The number of rotatable bonds is 10. The maximum absolute atomic E-state index is 12.1. The van der Waals surface area contributed by atoms with Crippen molar-refractivity contribution in [2.24, 2.45) is 11.3 Å². The van der Waals surface area contributed by atoms with Gasteiger partial charge in [-0.2, -0.15) is 11.8 Å². The second-order valence-electron chi connectivity index (χ2n) is 5.01. The minimum absolute atomic E-state index is 0.138. The lowest BCUT2D eigenvalue weighted by Crippen LogP contribution is -2.42. The molecule has 0 bridgehead atoms. The summed E-state index contributed by atoms with van der Waals surface area (Å²) in [4.78, 5) is 23.7. The standard InChI is InChI=1S/C14H26O4S/c1-5-18-13(17)14(12(15)16,10-11(3)4)8-7-9-19-6-2/h11H,5-10H2,1-4H3,(H,15,16). The summed E-state index contributed by atoms with van der Waals surface area (Å²) in [7, 11) is 0. The van der Waals surface area contributed by atoms with Gasteiger partial charge in [-0.3, -0.25) is 9.59 Å². The predicted molar refractivity (Wildman–Crippen MR) is 78.4 cm³/mol. The lowest BCUT2D eigenvalue weighted by molar-refractivity contribution is -0.170. The van der Waals surface area contributed by atoms with Crippen molar-refractivity contribution in [1.82, 2.24) is 0 Å². The van der Waals surface area contributed by atoms with E-state index in [9.17, 15) is 14.7 Å². The van der Waals surface area contributed by atoms with Crippen molar-refractivity contribution in [3.05, 3.63) is 0 Å². The normalized spacial score (nSPS) is 14.2. The average Bonchev–Trinajstić information content (AvgIpc) is 2.32. The van der Waals surface area contributed by atoms with E-state index in [1.807, 2.05) is 13.8 Å². The maximum atomic E-state index is 12.1. The lowest BCUT2D eigenvalue weighted by atomic mass is 9.76. The molecule has 0 aromatic carbocycles. The first kappa shape index (κ1) is 18.3. The zero-order valence-electron chi connectivity index (χ0n) is 12.4. The molecule has 0 amide bonds. The molecule has 1 atom stereocenters. The van der Waals surface area contributed by atoms with Gasteiger partial charge in [-0.05, 0) is 43.6 Å². The van der Waals surface area contributed by atoms with E-state index in [0.29, 0.717) is 12.8 Å². The molecule has 0 aliphatic rings. The number of ether oxygens (including phenoxy) is 1. The fourth-order valence-corrected chi connectivity index (χ4v) is 2.79. The highest BCUT2D eigenvalue weighted by Gasteiger charge is 2.47. The van der Waals surface area contributed by atoms with Crippen molar-refractivity contribution in [3.63, 3.8) is 0 Å². The summed E-state index contributed by atoms with van der Waals surface area (Å²) in [6.07, 6.45) is 1.40. The number of carboxylic acid groups (broad SMARTS) is 1. The highest BCUT2D eigenvalue weighted by atomic mass is 32.2. The van der Waals surface area contributed by atoms with Crippen LogP contribution in [0.3, 0.4) is 0 Å². The van der Waals surface area contributed by atoms with Gasteiger partial charge in [-0.25, -0.2) is 0 Å². The number of hydrogen-bond donors (Lipinski definition) is 1. The molecule has 0 rings (SSSR count). The maximum Gasteiger partial charge on any atom is 0.323 e. The van der Waals surface area contributed by atoms with Gasteiger partial charge < -0.3 is 9.84 Å². The summed E-state index contributed by atoms with van der Waals surface area (Å²) in [5, 5.41) is 9.52. The van der Waals surface area contributed by atoms with Crippen molar-refractivity contribution in [3.8, 4) is 0 Å². The molecule has 1 N–H and O–H groups in total. The molecule has 19 heavy (non-hydrogen) atoms. The second kappa shape index (κ2) is 9.23. The first-order chi connectivity index (χ1) is 8.90. The van der Waals surface area contributed by atoms with Crippen LogP contribution >= 0.6 is 11.8 Å². The molecule has 1 unspecified atom stereocenters. The monoisotopic (exact) mass is 290 g/mol. The molecular weight excluding hydrogens is 264 g/mol. The Morgan fingerprint density at radius 1 is 1.32 bits per heavy atom. The van der Waals surface area contributed by atoms with E-state index in [2.05, 4.69) is 6.92 Å². The summed E-state index contributed by atoms with van der Waals surface area (Å²) >= 11 is 1.76. The van der Waals surface area contributed by atoms with Crippen LogP contribution in [0.1, 0.15) is 47.0 Å². The molecule has 0 aliphatic heterocycles. The predicted octanol–water partition coefficient (Wildman–Crippen LogP) is 3.20. The Labute approximate surface area is 120 Å². The molecule has 0 aromatic heterocycles. The molecule has 0 saturated carbocycles. The van der Waals surface area contributed by atoms with Gasteiger partial charge in [-0.15, -0.1) is 0 Å². The Kier molecular flexibility index (Phi) is 8.89. The number of thioether (sulfide) groups is 1. The molecule has 0 saturated heterocycles. The Morgan fingerprint density at radius 2 is 1.95 bits per heavy atom. The van der Waals surface area contributed by atoms with Gasteiger partial charge in [-0.1, -0.05) is 20.8 Å². The minimum atomic E-state index is -1.38. The Hall–Kier alpha value is -0.710. The van der Waals surface area contributed by atoms with Gasteiger partial charge in [0.2, 0.25) is 0 Å². The molecule has 0 aliphatic carbocycles. The fourth-order valence-electron chi connectivity index (χ4n) is 2.16. The topological polar surface area (TPSA) is 63.6 Å². The van der Waals surface area contributed by atoms with Gasteiger partial charge in [0.1, 0.15) is 0 Å². The fraction of sp³-hybridized carbons (Fsp3) is 0.857. The Balaban J connectivity index is 4.92. The van der Waals surface area contributed by atoms with E-state index in [4.69, 9.17) is 4.74 Å². The van der Waals surface area contributed by atoms with E-state index < -0.39 is 17.4 Å². The van der Waals surface area contributed by atoms with Gasteiger partial charge >= 0.3 is 11.9 Å². The van der Waals surface area contributed by atoms with Crippen LogP contribution in [0.2, 0.25) is 0 Å². The summed E-state index contributed by atoms with van der Waals surface area (Å²) in [6, 6.07) is 0. The SMILES string of the molecule is CCOC(=O)C(CCCSCC)(CC(C)C)C(=O)O. The van der Waals surface area contributed by atoms with E-state index in [0.717, 1.165) is 17.9 Å². The number of aliphatic carboxylic acids is 1. The smallest absolute Gasteiger partial charge is 0.323 e. The highest BCUT2D eigenvalue weighted by molar-refractivity contribution is 7.99. The van der Waals surface area contributed by atoms with Gasteiger partial charge in [0, 0.05) is 0 Å². The quantitative estimate of drug-likeness (QED) is 0.380. The van der Waals surface area contributed by atoms with Crippen LogP contribution in [0.25, 0.3) is 0 Å². The third-order valence-corrected chi connectivity index (χ3v) is 3.91. The molecule has 112 valence electrons. The summed E-state index contributed by atoms with van der Waals surface area (Å²) in [5.41, 5.74) is -1.38. The number of hydrogen-bond acceptors (Lipinski definition) is 4. The van der Waals surface area contributed by atoms with E-state index in [-0.39, 0.29) is 12.5 Å². The Morgan fingerprint density at radius 3 is 2.37 bits per heavy atom. The van der Waals surface area contributed by atoms with Crippen LogP contribution in [0.5, 0.6) is 0 Å². The zero-order chi connectivity index (χ0) is 14.9. The van der Waals surface area contributed by atoms with Crippen molar-refractivity contribution in [2.45, 2.75) is 47.0 Å². The van der Waals surface area contributed by atoms with Crippen LogP contribution in [0, 0.1) is 11.3 Å². The number of carbonyl (C=O) groups excluding carboxylic acids is 1. The summed E-state index contributed by atoms with van der Waals surface area (Å²) < 4.78 is 5.00. The van der Waals surface area contributed by atoms with Crippen LogP contribution in [-0.2, 0) is 14.3 Å². The third-order valence-electron chi connectivity index (χ3n) is 2.93. The van der Waals surface area contributed by atoms with Gasteiger partial charge in [0.05, 0.1) is 6.61 Å². The summed E-state index contributed by atoms with van der Waals surface area (Å²) in [6.45, 7) is 7.84. The third kappa shape index (κ3) is 5.85. The number of carboxylic acids is 1. The first-order valence-corrected chi connectivity index (χ1v) is 8.04. The molecule has 0 heterocycles. The van der Waals surface area contributed by atoms with Crippen molar-refractivity contribution in [1.29, 1.82) is 0 Å². The van der Waals surface area contributed by atoms with Gasteiger partial charge in [0.25, 0.3) is 0 Å². The van der Waals surface area contributed by atoms with Crippen LogP contribution in [0.15, 0.2) is 0 Å². The van der Waals surface area contributed by atoms with Crippen molar-refractivity contribution < 1.29 is 19.4 Å². The first-order valence-electron chi connectivity index (χ1n) is 6.89. The van der Waals surface area contributed by atoms with Crippen molar-refractivity contribution >= 4 is 23.7 Å². The molecule has 4 nitrogen and oxygen atoms in total. The molecule has 5 heteroatoms. The highest BCUT2D eigenvalue weighted by Crippen LogP contribution is 2.34. The van der Waals surface area contributed by atoms with Crippen LogP contribution in [-0.4, -0.2) is 35.2 Å². The van der Waals surface area contributed by atoms with E-state index >= 15 is 0 Å².